The van der Waals surface area contributed by atoms with Crippen LogP contribution >= 0.6 is 11.6 Å². The van der Waals surface area contributed by atoms with Crippen molar-refractivity contribution >= 4 is 33.2 Å². The molecule has 1 rings (SSSR count). The number of hydrogen-bond acceptors (Lipinski definition) is 3. The fraction of sp³-hybridized carbons (Fsp3) is 0.533. The molecule has 0 saturated heterocycles. The van der Waals surface area contributed by atoms with Crippen molar-refractivity contribution in [1.29, 1.82) is 0 Å². The Morgan fingerprint density at radius 1 is 1.32 bits per heavy atom. The number of anilines is 1. The van der Waals surface area contributed by atoms with E-state index in [0.29, 0.717) is 17.3 Å². The molecule has 1 aromatic carbocycles. The number of amides is 1. The van der Waals surface area contributed by atoms with Gasteiger partial charge in [0.1, 0.15) is 0 Å². The molecule has 0 aliphatic rings. The quantitative estimate of drug-likeness (QED) is 0.786. The Bertz CT molecular complexity index is 617. The van der Waals surface area contributed by atoms with E-state index in [4.69, 9.17) is 11.6 Å². The van der Waals surface area contributed by atoms with Crippen molar-refractivity contribution in [3.63, 3.8) is 0 Å². The second-order valence-corrected chi connectivity index (χ2v) is 7.69. The van der Waals surface area contributed by atoms with Crippen molar-refractivity contribution in [3.8, 4) is 0 Å². The maximum absolute atomic E-state index is 12.0. The second-order valence-electron chi connectivity index (χ2n) is 5.27. The highest BCUT2D eigenvalue weighted by molar-refractivity contribution is 7.88. The molecule has 7 heteroatoms. The molecule has 124 valence electrons. The minimum Gasteiger partial charge on any atom is -0.326 e. The van der Waals surface area contributed by atoms with Crippen molar-refractivity contribution in [2.75, 3.05) is 24.7 Å². The minimum absolute atomic E-state index is 0.114. The van der Waals surface area contributed by atoms with Gasteiger partial charge in [-0.2, -0.15) is 0 Å². The van der Waals surface area contributed by atoms with E-state index in [-0.39, 0.29) is 18.9 Å². The number of benzene rings is 1. The normalized spacial score (nSPS) is 11.7. The molecule has 0 saturated carbocycles. The van der Waals surface area contributed by atoms with Crippen LogP contribution in [0.5, 0.6) is 0 Å². The van der Waals surface area contributed by atoms with Gasteiger partial charge >= 0.3 is 0 Å². The van der Waals surface area contributed by atoms with Crippen molar-refractivity contribution < 1.29 is 13.2 Å². The third-order valence-electron chi connectivity index (χ3n) is 3.29. The van der Waals surface area contributed by atoms with Crippen LogP contribution in [0.3, 0.4) is 0 Å². The summed E-state index contributed by atoms with van der Waals surface area (Å²) in [6.07, 6.45) is 2.96. The van der Waals surface area contributed by atoms with Gasteiger partial charge in [-0.1, -0.05) is 31.0 Å². The first-order chi connectivity index (χ1) is 10.2. The third-order valence-corrected chi connectivity index (χ3v) is 4.83. The molecule has 0 heterocycles. The molecular formula is C15H23ClN2O3S. The first-order valence-electron chi connectivity index (χ1n) is 7.25. The molecule has 22 heavy (non-hydrogen) atoms. The van der Waals surface area contributed by atoms with Crippen LogP contribution in [0.1, 0.15) is 31.7 Å². The molecule has 0 aliphatic carbocycles. The summed E-state index contributed by atoms with van der Waals surface area (Å²) >= 11 is 5.91. The van der Waals surface area contributed by atoms with E-state index >= 15 is 0 Å². The predicted molar refractivity (Wildman–Crippen MR) is 90.8 cm³/mol. The largest absolute Gasteiger partial charge is 0.326 e. The Morgan fingerprint density at radius 3 is 2.59 bits per heavy atom. The molecule has 0 radical (unpaired) electrons. The predicted octanol–water partition coefficient (Wildman–Crippen LogP) is 3.04. The number of carbonyl (C=O) groups is 1. The van der Waals surface area contributed by atoms with Crippen LogP contribution in [-0.4, -0.2) is 38.0 Å². The monoisotopic (exact) mass is 346 g/mol. The van der Waals surface area contributed by atoms with Crippen LogP contribution < -0.4 is 5.32 Å². The Kier molecular flexibility index (Phi) is 7.32. The molecule has 1 N–H and O–H groups in total. The number of rotatable bonds is 8. The fourth-order valence-electron chi connectivity index (χ4n) is 1.95. The summed E-state index contributed by atoms with van der Waals surface area (Å²) in [7, 11) is -3.29. The van der Waals surface area contributed by atoms with Gasteiger partial charge in [-0.05, 0) is 31.0 Å². The van der Waals surface area contributed by atoms with Crippen molar-refractivity contribution in [3.05, 3.63) is 28.8 Å². The van der Waals surface area contributed by atoms with Gasteiger partial charge in [0.2, 0.25) is 15.9 Å². The standard InChI is InChI=1S/C15H23ClN2O3S/c1-4-5-9-18(22(3,20)21)10-8-15(19)17-14-11-13(16)7-6-12(14)2/h6-7,11H,4-5,8-10H2,1-3H3,(H,17,19). The van der Waals surface area contributed by atoms with Crippen LogP contribution in [0, 0.1) is 6.92 Å². The Labute approximate surface area is 137 Å². The van der Waals surface area contributed by atoms with Crippen LogP contribution in [-0.2, 0) is 14.8 Å². The van der Waals surface area contributed by atoms with Gasteiger partial charge < -0.3 is 5.32 Å². The van der Waals surface area contributed by atoms with Gasteiger partial charge in [0.05, 0.1) is 6.26 Å². The van der Waals surface area contributed by atoms with Crippen LogP contribution in [0.15, 0.2) is 18.2 Å². The van der Waals surface area contributed by atoms with Gasteiger partial charge in [0, 0.05) is 30.2 Å². The molecule has 0 aliphatic heterocycles. The number of hydrogen-bond donors (Lipinski definition) is 1. The number of halogens is 1. The molecule has 1 amide bonds. The van der Waals surface area contributed by atoms with Gasteiger partial charge in [0.15, 0.2) is 0 Å². The van der Waals surface area contributed by atoms with E-state index in [1.807, 2.05) is 19.9 Å². The number of carbonyl (C=O) groups excluding carboxylic acids is 1. The zero-order valence-electron chi connectivity index (χ0n) is 13.2. The Morgan fingerprint density at radius 2 is 2.00 bits per heavy atom. The minimum atomic E-state index is -3.29. The molecule has 0 fully saturated rings. The maximum Gasteiger partial charge on any atom is 0.225 e. The third kappa shape index (κ3) is 6.34. The molecule has 0 atom stereocenters. The lowest BCUT2D eigenvalue weighted by Gasteiger charge is -2.19. The van der Waals surface area contributed by atoms with E-state index in [9.17, 15) is 13.2 Å². The molecule has 0 unspecified atom stereocenters. The first kappa shape index (κ1) is 18.9. The number of aryl methyl sites for hydroxylation is 1. The topological polar surface area (TPSA) is 66.5 Å². The molecule has 0 spiro atoms. The highest BCUT2D eigenvalue weighted by Crippen LogP contribution is 2.20. The van der Waals surface area contributed by atoms with Crippen LogP contribution in [0.2, 0.25) is 5.02 Å². The van der Waals surface area contributed by atoms with E-state index in [1.54, 1.807) is 12.1 Å². The highest BCUT2D eigenvalue weighted by Gasteiger charge is 2.17. The summed E-state index contributed by atoms with van der Waals surface area (Å²) < 4.78 is 24.7. The Balaban J connectivity index is 2.62. The second kappa shape index (κ2) is 8.50. The average Bonchev–Trinajstić information content (AvgIpc) is 2.41. The summed E-state index contributed by atoms with van der Waals surface area (Å²) in [6.45, 7) is 4.49. The Hall–Kier alpha value is -1.11. The summed E-state index contributed by atoms with van der Waals surface area (Å²) in [5.41, 5.74) is 1.56. The first-order valence-corrected chi connectivity index (χ1v) is 9.47. The lowest BCUT2D eigenvalue weighted by molar-refractivity contribution is -0.116. The summed E-state index contributed by atoms with van der Waals surface area (Å²) in [5, 5.41) is 3.31. The zero-order chi connectivity index (χ0) is 16.8. The number of unbranched alkanes of at least 4 members (excludes halogenated alkanes) is 1. The van der Waals surface area contributed by atoms with Gasteiger partial charge in [-0.15, -0.1) is 0 Å². The fourth-order valence-corrected chi connectivity index (χ4v) is 3.00. The van der Waals surface area contributed by atoms with E-state index in [1.165, 1.54) is 10.6 Å². The van der Waals surface area contributed by atoms with Gasteiger partial charge in [-0.3, -0.25) is 4.79 Å². The van der Waals surface area contributed by atoms with Crippen LogP contribution in [0.25, 0.3) is 0 Å². The summed E-state index contributed by atoms with van der Waals surface area (Å²) in [5.74, 6) is -0.226. The summed E-state index contributed by atoms with van der Waals surface area (Å²) in [4.78, 5) is 12.0. The average molecular weight is 347 g/mol. The summed E-state index contributed by atoms with van der Waals surface area (Å²) in [6, 6.07) is 5.25. The molecule has 0 bridgehead atoms. The van der Waals surface area contributed by atoms with E-state index in [2.05, 4.69) is 5.32 Å². The number of nitrogens with zero attached hydrogens (tertiary/aromatic N) is 1. The molecule has 0 aromatic heterocycles. The lowest BCUT2D eigenvalue weighted by atomic mass is 10.2. The lowest BCUT2D eigenvalue weighted by Crippen LogP contribution is -2.33. The van der Waals surface area contributed by atoms with E-state index in [0.717, 1.165) is 18.4 Å². The smallest absolute Gasteiger partial charge is 0.225 e. The van der Waals surface area contributed by atoms with E-state index < -0.39 is 10.0 Å². The SMILES string of the molecule is CCCCN(CCC(=O)Nc1cc(Cl)ccc1C)S(C)(=O)=O. The molecule has 1 aromatic rings. The number of sulfonamides is 1. The number of nitrogens with one attached hydrogen (secondary N) is 1. The van der Waals surface area contributed by atoms with Gasteiger partial charge in [-0.25, -0.2) is 12.7 Å². The molecular weight excluding hydrogens is 324 g/mol. The van der Waals surface area contributed by atoms with Crippen molar-refractivity contribution in [1.82, 2.24) is 4.31 Å². The zero-order valence-corrected chi connectivity index (χ0v) is 14.8. The van der Waals surface area contributed by atoms with Crippen LogP contribution in [0.4, 0.5) is 5.69 Å². The maximum atomic E-state index is 12.0. The highest BCUT2D eigenvalue weighted by atomic mass is 35.5. The van der Waals surface area contributed by atoms with Crippen molar-refractivity contribution in [2.45, 2.75) is 33.1 Å². The van der Waals surface area contributed by atoms with Crippen molar-refractivity contribution in [2.24, 2.45) is 0 Å². The molecule has 5 nitrogen and oxygen atoms in total. The van der Waals surface area contributed by atoms with Gasteiger partial charge in [0.25, 0.3) is 0 Å².